The van der Waals surface area contributed by atoms with Crippen molar-refractivity contribution in [2.75, 3.05) is 4.90 Å². The fourth-order valence-corrected chi connectivity index (χ4v) is 3.28. The lowest BCUT2D eigenvalue weighted by Crippen LogP contribution is -2.33. The molecule has 1 saturated heterocycles. The van der Waals surface area contributed by atoms with Crippen LogP contribution in [0.25, 0.3) is 0 Å². The molecular weight excluding hydrogens is 357 g/mol. The van der Waals surface area contributed by atoms with Gasteiger partial charge < -0.3 is 4.84 Å². The Morgan fingerprint density at radius 3 is 2.48 bits per heavy atom. The molecule has 2 aromatic rings. The molecule has 0 spiro atoms. The Kier molecular flexibility index (Phi) is 3.72. The van der Waals surface area contributed by atoms with Crippen LogP contribution in [0.15, 0.2) is 47.6 Å². The molecular formula is C18H12FN3O5. The largest absolute Gasteiger partial charge is 0.381 e. The summed E-state index contributed by atoms with van der Waals surface area (Å²) < 4.78 is 13.1. The number of hydrogen-bond donors (Lipinski definition) is 0. The fourth-order valence-electron chi connectivity index (χ4n) is 3.28. The topological polar surface area (TPSA) is 102 Å². The number of anilines is 1. The number of non-ortho nitro benzene ring substituents is 1. The molecule has 9 heteroatoms. The highest BCUT2D eigenvalue weighted by Crippen LogP contribution is 2.37. The van der Waals surface area contributed by atoms with E-state index in [-0.39, 0.29) is 17.1 Å². The van der Waals surface area contributed by atoms with Crippen LogP contribution in [0.1, 0.15) is 11.1 Å². The van der Waals surface area contributed by atoms with Gasteiger partial charge in [0.25, 0.3) is 11.6 Å². The molecule has 0 unspecified atom stereocenters. The van der Waals surface area contributed by atoms with E-state index in [0.29, 0.717) is 11.1 Å². The Balaban J connectivity index is 1.70. The summed E-state index contributed by atoms with van der Waals surface area (Å²) in [5.74, 6) is -2.52. The highest BCUT2D eigenvalue weighted by Gasteiger charge is 2.56. The number of rotatable bonds is 3. The number of amides is 2. The molecule has 8 nitrogen and oxygen atoms in total. The number of imide groups is 1. The third kappa shape index (κ3) is 2.55. The van der Waals surface area contributed by atoms with Gasteiger partial charge in [-0.3, -0.25) is 19.7 Å². The Labute approximate surface area is 152 Å². The van der Waals surface area contributed by atoms with Crippen LogP contribution in [-0.2, 0) is 14.4 Å². The second kappa shape index (κ2) is 5.97. The quantitative estimate of drug-likeness (QED) is 0.469. The van der Waals surface area contributed by atoms with Gasteiger partial charge in [0.15, 0.2) is 0 Å². The maximum Gasteiger partial charge on any atom is 0.278 e. The fraction of sp³-hybridized carbons (Fsp3) is 0.167. The van der Waals surface area contributed by atoms with E-state index in [4.69, 9.17) is 4.84 Å². The van der Waals surface area contributed by atoms with Crippen molar-refractivity contribution in [3.63, 3.8) is 0 Å². The summed E-state index contributed by atoms with van der Waals surface area (Å²) in [4.78, 5) is 42.2. The zero-order valence-electron chi connectivity index (χ0n) is 14.0. The van der Waals surface area contributed by atoms with Crippen LogP contribution in [-0.4, -0.2) is 28.6 Å². The SMILES string of the molecule is Cc1cc([N+](=O)[O-])ccc1N1C(=O)[C@@H]2C(c3ccc(F)cc3)=NO[C@@H]2C1=O. The molecule has 2 atom stereocenters. The van der Waals surface area contributed by atoms with Crippen LogP contribution >= 0.6 is 0 Å². The lowest BCUT2D eigenvalue weighted by Gasteiger charge is -2.17. The molecule has 0 aromatic heterocycles. The number of nitrogens with zero attached hydrogens (tertiary/aromatic N) is 3. The summed E-state index contributed by atoms with van der Waals surface area (Å²) in [5, 5.41) is 14.7. The predicted octanol–water partition coefficient (Wildman–Crippen LogP) is 2.33. The number of oxime groups is 1. The number of carbonyl (C=O) groups is 2. The molecule has 2 aliphatic heterocycles. The highest BCUT2D eigenvalue weighted by atomic mass is 19.1. The Hall–Kier alpha value is -3.62. The molecule has 2 aliphatic rings. The van der Waals surface area contributed by atoms with Crippen LogP contribution in [0.4, 0.5) is 15.8 Å². The highest BCUT2D eigenvalue weighted by molar-refractivity contribution is 6.32. The Morgan fingerprint density at radius 1 is 1.15 bits per heavy atom. The Bertz CT molecular complexity index is 1020. The summed E-state index contributed by atoms with van der Waals surface area (Å²) in [6.07, 6.45) is -1.10. The maximum absolute atomic E-state index is 13.1. The molecule has 136 valence electrons. The van der Waals surface area contributed by atoms with Gasteiger partial charge in [0, 0.05) is 17.7 Å². The molecule has 1 fully saturated rings. The van der Waals surface area contributed by atoms with Crippen LogP contribution in [0.3, 0.4) is 0 Å². The summed E-state index contributed by atoms with van der Waals surface area (Å²) in [7, 11) is 0. The first-order valence-electron chi connectivity index (χ1n) is 8.01. The summed E-state index contributed by atoms with van der Waals surface area (Å²) >= 11 is 0. The predicted molar refractivity (Wildman–Crippen MR) is 91.6 cm³/mol. The number of halogens is 1. The van der Waals surface area contributed by atoms with Crippen molar-refractivity contribution in [2.45, 2.75) is 13.0 Å². The first kappa shape index (κ1) is 16.8. The minimum Gasteiger partial charge on any atom is -0.381 e. The van der Waals surface area contributed by atoms with Gasteiger partial charge in [-0.05, 0) is 30.7 Å². The van der Waals surface area contributed by atoms with Gasteiger partial charge in [0.05, 0.1) is 10.6 Å². The summed E-state index contributed by atoms with van der Waals surface area (Å²) in [5.41, 5.74) is 1.26. The number of carbonyl (C=O) groups excluding carboxylic acids is 2. The van der Waals surface area contributed by atoms with Crippen molar-refractivity contribution in [3.8, 4) is 0 Å². The van der Waals surface area contributed by atoms with Crippen molar-refractivity contribution in [2.24, 2.45) is 11.1 Å². The van der Waals surface area contributed by atoms with E-state index < -0.39 is 34.6 Å². The van der Waals surface area contributed by atoms with E-state index in [9.17, 15) is 24.1 Å². The second-order valence-corrected chi connectivity index (χ2v) is 6.23. The van der Waals surface area contributed by atoms with Crippen molar-refractivity contribution in [1.82, 2.24) is 0 Å². The van der Waals surface area contributed by atoms with Gasteiger partial charge >= 0.3 is 0 Å². The molecule has 0 N–H and O–H groups in total. The van der Waals surface area contributed by atoms with E-state index in [1.165, 1.54) is 42.5 Å². The van der Waals surface area contributed by atoms with E-state index in [1.807, 2.05) is 0 Å². The molecule has 0 bridgehead atoms. The standard InChI is InChI=1S/C18H12FN3O5/c1-9-8-12(22(25)26)6-7-13(9)21-17(23)14-15(20-27-16(14)18(21)24)10-2-4-11(19)5-3-10/h2-8,14,16H,1H3/t14-,16+/m1/s1. The lowest BCUT2D eigenvalue weighted by atomic mass is 9.94. The van der Waals surface area contributed by atoms with Crippen molar-refractivity contribution >= 4 is 28.9 Å². The van der Waals surface area contributed by atoms with Gasteiger partial charge in [-0.1, -0.05) is 17.3 Å². The van der Waals surface area contributed by atoms with Crippen LogP contribution in [0.5, 0.6) is 0 Å². The third-order valence-electron chi connectivity index (χ3n) is 4.58. The molecule has 4 rings (SSSR count). The normalized spacial score (nSPS) is 21.1. The Morgan fingerprint density at radius 2 is 1.85 bits per heavy atom. The third-order valence-corrected chi connectivity index (χ3v) is 4.58. The smallest absolute Gasteiger partial charge is 0.278 e. The molecule has 2 heterocycles. The summed E-state index contributed by atoms with van der Waals surface area (Å²) in [6.45, 7) is 1.58. The number of nitro benzene ring substituents is 1. The van der Waals surface area contributed by atoms with Gasteiger partial charge in [-0.25, -0.2) is 9.29 Å². The monoisotopic (exact) mass is 369 g/mol. The van der Waals surface area contributed by atoms with Gasteiger partial charge in [-0.15, -0.1) is 0 Å². The van der Waals surface area contributed by atoms with Crippen molar-refractivity contribution in [3.05, 3.63) is 69.5 Å². The number of aryl methyl sites for hydroxylation is 1. The number of fused-ring (bicyclic) bond motifs is 1. The molecule has 2 amide bonds. The number of hydrogen-bond acceptors (Lipinski definition) is 6. The zero-order valence-corrected chi connectivity index (χ0v) is 14.0. The molecule has 0 saturated carbocycles. The van der Waals surface area contributed by atoms with Crippen LogP contribution < -0.4 is 4.90 Å². The van der Waals surface area contributed by atoms with E-state index >= 15 is 0 Å². The lowest BCUT2D eigenvalue weighted by molar-refractivity contribution is -0.384. The van der Waals surface area contributed by atoms with Gasteiger partial charge in [0.2, 0.25) is 12.0 Å². The van der Waals surface area contributed by atoms with E-state index in [1.54, 1.807) is 6.92 Å². The first-order valence-corrected chi connectivity index (χ1v) is 8.01. The zero-order chi connectivity index (χ0) is 19.3. The average molecular weight is 369 g/mol. The van der Waals surface area contributed by atoms with E-state index in [2.05, 4.69) is 5.16 Å². The van der Waals surface area contributed by atoms with E-state index in [0.717, 1.165) is 4.90 Å². The molecule has 0 radical (unpaired) electrons. The van der Waals surface area contributed by atoms with Crippen molar-refractivity contribution in [1.29, 1.82) is 0 Å². The molecule has 27 heavy (non-hydrogen) atoms. The minimum atomic E-state index is -1.10. The number of nitro groups is 1. The average Bonchev–Trinajstić information content (AvgIpc) is 3.17. The second-order valence-electron chi connectivity index (χ2n) is 6.23. The van der Waals surface area contributed by atoms with Crippen LogP contribution in [0.2, 0.25) is 0 Å². The first-order chi connectivity index (χ1) is 12.9. The maximum atomic E-state index is 13.1. The van der Waals surface area contributed by atoms with Crippen LogP contribution in [0, 0.1) is 28.8 Å². The minimum absolute atomic E-state index is 0.139. The molecule has 2 aromatic carbocycles. The summed E-state index contributed by atoms with van der Waals surface area (Å²) in [6, 6.07) is 9.25. The van der Waals surface area contributed by atoms with Crippen molar-refractivity contribution < 1.29 is 23.7 Å². The van der Waals surface area contributed by atoms with Gasteiger partial charge in [-0.2, -0.15) is 0 Å². The molecule has 0 aliphatic carbocycles. The number of benzene rings is 2. The van der Waals surface area contributed by atoms with Gasteiger partial charge in [0.1, 0.15) is 17.4 Å².